The highest BCUT2D eigenvalue weighted by atomic mass is 19.1. The van der Waals surface area contributed by atoms with Crippen LogP contribution in [0.3, 0.4) is 0 Å². The fourth-order valence-electron chi connectivity index (χ4n) is 3.10. The molecule has 0 bridgehead atoms. The number of carbonyl (C=O) groups is 1. The molecule has 1 aromatic carbocycles. The van der Waals surface area contributed by atoms with Gasteiger partial charge in [-0.05, 0) is 47.7 Å². The number of anilines is 1. The number of aryl methyl sites for hydroxylation is 1. The number of hydrogen-bond acceptors (Lipinski definition) is 2. The summed E-state index contributed by atoms with van der Waals surface area (Å²) in [5.41, 5.74) is 2.01. The number of pyridine rings is 1. The van der Waals surface area contributed by atoms with Crippen molar-refractivity contribution in [3.63, 3.8) is 0 Å². The third kappa shape index (κ3) is 3.18. The first-order valence-electron chi connectivity index (χ1n) is 7.95. The van der Waals surface area contributed by atoms with Crippen LogP contribution in [0.25, 0.3) is 0 Å². The fraction of sp³-hybridized carbons (Fsp3) is 0.333. The molecule has 6 heteroatoms. The van der Waals surface area contributed by atoms with E-state index in [9.17, 15) is 14.0 Å². The first-order chi connectivity index (χ1) is 11.5. The number of carbonyl (C=O) groups excluding carboxylic acids is 1. The summed E-state index contributed by atoms with van der Waals surface area (Å²) >= 11 is 0. The van der Waals surface area contributed by atoms with Crippen molar-refractivity contribution in [3.05, 3.63) is 63.8 Å². The molecule has 0 aliphatic carbocycles. The SMILES string of the molecule is CC1CN(C(=O)Nc2cccn(C)c2=O)CCc2ccc(F)cc21. The Bertz CT molecular complexity index is 831. The molecule has 1 aromatic heterocycles. The monoisotopic (exact) mass is 329 g/mol. The maximum atomic E-state index is 13.5. The quantitative estimate of drug-likeness (QED) is 0.874. The Labute approximate surface area is 139 Å². The van der Waals surface area contributed by atoms with Gasteiger partial charge in [0.2, 0.25) is 0 Å². The van der Waals surface area contributed by atoms with Crippen LogP contribution in [0.15, 0.2) is 41.3 Å². The molecule has 0 fully saturated rings. The minimum Gasteiger partial charge on any atom is -0.324 e. The van der Waals surface area contributed by atoms with E-state index in [0.717, 1.165) is 11.1 Å². The smallest absolute Gasteiger partial charge is 0.322 e. The van der Waals surface area contributed by atoms with Gasteiger partial charge in [-0.1, -0.05) is 13.0 Å². The highest BCUT2D eigenvalue weighted by molar-refractivity contribution is 5.89. The zero-order valence-electron chi connectivity index (χ0n) is 13.8. The van der Waals surface area contributed by atoms with Crippen LogP contribution < -0.4 is 10.9 Å². The lowest BCUT2D eigenvalue weighted by Gasteiger charge is -2.23. The highest BCUT2D eigenvalue weighted by Crippen LogP contribution is 2.26. The van der Waals surface area contributed by atoms with Gasteiger partial charge in [-0.2, -0.15) is 0 Å². The van der Waals surface area contributed by atoms with Gasteiger partial charge in [0.1, 0.15) is 11.5 Å². The average Bonchev–Trinajstić information content (AvgIpc) is 2.71. The zero-order valence-corrected chi connectivity index (χ0v) is 13.8. The number of benzene rings is 1. The van der Waals surface area contributed by atoms with Crippen LogP contribution in [0.2, 0.25) is 0 Å². The molecular formula is C18H20FN3O2. The molecule has 0 radical (unpaired) electrons. The molecule has 2 aromatic rings. The van der Waals surface area contributed by atoms with Crippen molar-refractivity contribution in [2.75, 3.05) is 18.4 Å². The van der Waals surface area contributed by atoms with Crippen molar-refractivity contribution in [1.82, 2.24) is 9.47 Å². The normalized spacial score (nSPS) is 17.1. The molecule has 3 rings (SSSR count). The molecule has 126 valence electrons. The number of nitrogens with one attached hydrogen (secondary N) is 1. The summed E-state index contributed by atoms with van der Waals surface area (Å²) in [6.07, 6.45) is 2.30. The second kappa shape index (κ2) is 6.47. The molecule has 1 unspecified atom stereocenters. The second-order valence-corrected chi connectivity index (χ2v) is 6.21. The van der Waals surface area contributed by atoms with Crippen LogP contribution >= 0.6 is 0 Å². The van der Waals surface area contributed by atoms with E-state index in [1.807, 2.05) is 6.92 Å². The van der Waals surface area contributed by atoms with Crippen LogP contribution in [-0.2, 0) is 13.5 Å². The molecular weight excluding hydrogens is 309 g/mol. The van der Waals surface area contributed by atoms with Crippen molar-refractivity contribution in [2.45, 2.75) is 19.3 Å². The standard InChI is InChI=1S/C18H20FN3O2/c1-12-11-22(9-7-13-5-6-14(19)10-15(12)13)18(24)20-16-4-3-8-21(2)17(16)23/h3-6,8,10,12H,7,9,11H2,1-2H3,(H,20,24). The maximum Gasteiger partial charge on any atom is 0.322 e. The molecule has 1 aliphatic heterocycles. The molecule has 0 saturated carbocycles. The van der Waals surface area contributed by atoms with Gasteiger partial charge in [0.15, 0.2) is 0 Å². The number of fused-ring (bicyclic) bond motifs is 1. The third-order valence-electron chi connectivity index (χ3n) is 4.44. The van der Waals surface area contributed by atoms with Gasteiger partial charge >= 0.3 is 6.03 Å². The number of aromatic nitrogens is 1. The number of rotatable bonds is 1. The summed E-state index contributed by atoms with van der Waals surface area (Å²) < 4.78 is 14.9. The lowest BCUT2D eigenvalue weighted by Crippen LogP contribution is -2.39. The minimum absolute atomic E-state index is 0.0301. The van der Waals surface area contributed by atoms with Gasteiger partial charge in [-0.25, -0.2) is 9.18 Å². The van der Waals surface area contributed by atoms with Gasteiger partial charge < -0.3 is 14.8 Å². The number of hydrogen-bond donors (Lipinski definition) is 1. The van der Waals surface area contributed by atoms with E-state index in [-0.39, 0.29) is 29.0 Å². The first kappa shape index (κ1) is 16.2. The van der Waals surface area contributed by atoms with Crippen LogP contribution in [0.5, 0.6) is 0 Å². The van der Waals surface area contributed by atoms with Gasteiger partial charge in [-0.3, -0.25) is 4.79 Å². The van der Waals surface area contributed by atoms with E-state index < -0.39 is 0 Å². The van der Waals surface area contributed by atoms with Gasteiger partial charge in [0.05, 0.1) is 0 Å². The molecule has 2 amide bonds. The molecule has 0 spiro atoms. The number of nitrogens with zero attached hydrogens (tertiary/aromatic N) is 2. The number of halogens is 1. The van der Waals surface area contributed by atoms with E-state index in [4.69, 9.17) is 0 Å². The Morgan fingerprint density at radius 2 is 2.12 bits per heavy atom. The lowest BCUT2D eigenvalue weighted by molar-refractivity contribution is 0.211. The van der Waals surface area contributed by atoms with Crippen molar-refractivity contribution >= 4 is 11.7 Å². The van der Waals surface area contributed by atoms with E-state index >= 15 is 0 Å². The van der Waals surface area contributed by atoms with Gasteiger partial charge in [-0.15, -0.1) is 0 Å². The Balaban J connectivity index is 1.78. The van der Waals surface area contributed by atoms with Crippen LogP contribution in [0.4, 0.5) is 14.9 Å². The van der Waals surface area contributed by atoms with E-state index in [2.05, 4.69) is 5.32 Å². The molecule has 0 saturated heterocycles. The molecule has 24 heavy (non-hydrogen) atoms. The summed E-state index contributed by atoms with van der Waals surface area (Å²) in [5, 5.41) is 2.69. The summed E-state index contributed by atoms with van der Waals surface area (Å²) in [7, 11) is 1.64. The van der Waals surface area contributed by atoms with Crippen molar-refractivity contribution in [3.8, 4) is 0 Å². The van der Waals surface area contributed by atoms with Crippen LogP contribution in [0.1, 0.15) is 24.0 Å². The predicted octanol–water partition coefficient (Wildman–Crippen LogP) is 2.72. The van der Waals surface area contributed by atoms with E-state index in [0.29, 0.717) is 19.5 Å². The maximum absolute atomic E-state index is 13.5. The minimum atomic E-state index is -0.307. The molecule has 5 nitrogen and oxygen atoms in total. The third-order valence-corrected chi connectivity index (χ3v) is 4.44. The van der Waals surface area contributed by atoms with Crippen LogP contribution in [-0.4, -0.2) is 28.6 Å². The predicted molar refractivity (Wildman–Crippen MR) is 90.8 cm³/mol. The second-order valence-electron chi connectivity index (χ2n) is 6.21. The van der Waals surface area contributed by atoms with Crippen molar-refractivity contribution in [1.29, 1.82) is 0 Å². The van der Waals surface area contributed by atoms with E-state index in [1.165, 1.54) is 10.6 Å². The van der Waals surface area contributed by atoms with E-state index in [1.54, 1.807) is 42.4 Å². The summed E-state index contributed by atoms with van der Waals surface area (Å²) in [5.74, 6) is -0.228. The highest BCUT2D eigenvalue weighted by Gasteiger charge is 2.24. The van der Waals surface area contributed by atoms with Crippen molar-refractivity contribution in [2.24, 2.45) is 7.05 Å². The van der Waals surface area contributed by atoms with Crippen LogP contribution in [0, 0.1) is 5.82 Å². The topological polar surface area (TPSA) is 54.3 Å². The largest absolute Gasteiger partial charge is 0.324 e. The zero-order chi connectivity index (χ0) is 17.3. The Kier molecular flexibility index (Phi) is 4.38. The van der Waals surface area contributed by atoms with Crippen molar-refractivity contribution < 1.29 is 9.18 Å². The molecule has 1 atom stereocenters. The summed E-state index contributed by atoms with van der Waals surface area (Å²) in [6, 6.07) is 7.78. The summed E-state index contributed by atoms with van der Waals surface area (Å²) in [6.45, 7) is 2.99. The lowest BCUT2D eigenvalue weighted by atomic mass is 9.95. The number of amides is 2. The molecule has 1 aliphatic rings. The molecule has 2 heterocycles. The van der Waals surface area contributed by atoms with Gasteiger partial charge in [0, 0.05) is 26.3 Å². The first-order valence-corrected chi connectivity index (χ1v) is 7.95. The molecule has 1 N–H and O–H groups in total. The summed E-state index contributed by atoms with van der Waals surface area (Å²) in [4.78, 5) is 26.2. The average molecular weight is 329 g/mol. The van der Waals surface area contributed by atoms with Gasteiger partial charge in [0.25, 0.3) is 5.56 Å². The Hall–Kier alpha value is -2.63. The Morgan fingerprint density at radius 1 is 1.33 bits per heavy atom. The Morgan fingerprint density at radius 3 is 2.92 bits per heavy atom. The fourth-order valence-corrected chi connectivity index (χ4v) is 3.10. The number of urea groups is 1.